The quantitative estimate of drug-likeness (QED) is 0.307. The molecule has 11 heteroatoms. The van der Waals surface area contributed by atoms with E-state index >= 15 is 0 Å². The molecular formula is C29H30N8O3. The number of nitrogens with one attached hydrogen (secondary N) is 2. The van der Waals surface area contributed by atoms with Gasteiger partial charge >= 0.3 is 0 Å². The summed E-state index contributed by atoms with van der Waals surface area (Å²) in [6.45, 7) is 5.32. The normalized spacial score (nSPS) is 16.7. The van der Waals surface area contributed by atoms with E-state index in [-0.39, 0.29) is 0 Å². The molecule has 1 fully saturated rings. The summed E-state index contributed by atoms with van der Waals surface area (Å²) in [4.78, 5) is 27.8. The Kier molecular flexibility index (Phi) is 7.47. The van der Waals surface area contributed by atoms with E-state index in [0.29, 0.717) is 23.1 Å². The van der Waals surface area contributed by atoms with Gasteiger partial charge in [0.1, 0.15) is 23.8 Å². The number of pyridine rings is 1. The summed E-state index contributed by atoms with van der Waals surface area (Å²) in [5.41, 5.74) is 5.78. The first-order valence-corrected chi connectivity index (χ1v) is 13.2. The van der Waals surface area contributed by atoms with Crippen LogP contribution in [0.5, 0.6) is 5.88 Å². The highest BCUT2D eigenvalue weighted by Crippen LogP contribution is 2.34. The molecule has 2 N–H and O–H groups in total. The molecular weight excluding hydrogens is 508 g/mol. The third-order valence-corrected chi connectivity index (χ3v) is 7.02. The second-order valence-corrected chi connectivity index (χ2v) is 9.57. The van der Waals surface area contributed by atoms with Crippen LogP contribution in [0.4, 0.5) is 11.5 Å². The van der Waals surface area contributed by atoms with E-state index in [1.165, 1.54) is 0 Å². The Balaban J connectivity index is 1.23. The minimum Gasteiger partial charge on any atom is -0.480 e. The molecule has 6 rings (SSSR count). The van der Waals surface area contributed by atoms with Crippen molar-refractivity contribution in [3.63, 3.8) is 0 Å². The highest BCUT2D eigenvalue weighted by Gasteiger charge is 2.23. The first-order chi connectivity index (χ1) is 19.7. The SMILES string of the molecule is COc1cncc(-c2cc3c(c(Nc4ccc(-c5cnn(CCN6CCOCC6)c5)cc4)n2)C(C=O)NC=C3)n1. The average molecular weight is 539 g/mol. The Morgan fingerprint density at radius 1 is 1.07 bits per heavy atom. The van der Waals surface area contributed by atoms with Crippen molar-refractivity contribution >= 4 is 23.9 Å². The second-order valence-electron chi connectivity index (χ2n) is 9.57. The number of morpholine rings is 1. The summed E-state index contributed by atoms with van der Waals surface area (Å²) in [6.07, 6.45) is 11.7. The van der Waals surface area contributed by atoms with E-state index in [4.69, 9.17) is 14.5 Å². The number of aromatic nitrogens is 5. The standard InChI is InChI=1S/C29H30N8O3/c1-39-27-17-30-16-25(34-27)24-14-21-6-7-31-26(19-38)28(21)29(35-24)33-23-4-2-20(3-5-23)22-15-32-37(18-22)9-8-36-10-12-40-13-11-36/h2-7,14-19,26,31H,8-13H2,1H3,(H,33,35). The van der Waals surface area contributed by atoms with Crippen molar-refractivity contribution in [3.8, 4) is 28.4 Å². The van der Waals surface area contributed by atoms with Crippen LogP contribution in [0.1, 0.15) is 17.2 Å². The predicted molar refractivity (Wildman–Crippen MR) is 151 cm³/mol. The lowest BCUT2D eigenvalue weighted by Gasteiger charge is -2.26. The van der Waals surface area contributed by atoms with Gasteiger partial charge in [0.2, 0.25) is 5.88 Å². The van der Waals surface area contributed by atoms with E-state index in [1.54, 1.807) is 25.7 Å². The number of nitrogens with zero attached hydrogens (tertiary/aromatic N) is 6. The molecule has 3 aromatic heterocycles. The van der Waals surface area contributed by atoms with Crippen molar-refractivity contribution in [3.05, 3.63) is 72.4 Å². The maximum absolute atomic E-state index is 11.9. The number of benzene rings is 1. The number of carbonyl (C=O) groups excluding carboxylic acids is 1. The van der Waals surface area contributed by atoms with Crippen molar-refractivity contribution in [1.82, 2.24) is 34.9 Å². The Hall–Kier alpha value is -4.61. The monoisotopic (exact) mass is 538 g/mol. The lowest BCUT2D eigenvalue weighted by atomic mass is 9.97. The van der Waals surface area contributed by atoms with Crippen LogP contribution in [0.2, 0.25) is 0 Å². The van der Waals surface area contributed by atoms with Gasteiger partial charge in [-0.15, -0.1) is 0 Å². The molecule has 0 radical (unpaired) electrons. The van der Waals surface area contributed by atoms with Crippen molar-refractivity contribution < 1.29 is 14.3 Å². The van der Waals surface area contributed by atoms with Crippen molar-refractivity contribution in [2.24, 2.45) is 0 Å². The van der Waals surface area contributed by atoms with Crippen LogP contribution in [0.3, 0.4) is 0 Å². The van der Waals surface area contributed by atoms with E-state index < -0.39 is 6.04 Å². The predicted octanol–water partition coefficient (Wildman–Crippen LogP) is 3.30. The molecule has 4 aromatic rings. The maximum Gasteiger partial charge on any atom is 0.232 e. The molecule has 0 saturated carbocycles. The van der Waals surface area contributed by atoms with Gasteiger partial charge in [0, 0.05) is 42.6 Å². The van der Waals surface area contributed by atoms with Crippen LogP contribution in [-0.4, -0.2) is 75.9 Å². The number of aldehydes is 1. The highest BCUT2D eigenvalue weighted by atomic mass is 16.5. The Bertz CT molecular complexity index is 1510. The van der Waals surface area contributed by atoms with Gasteiger partial charge < -0.3 is 24.9 Å². The van der Waals surface area contributed by atoms with E-state index in [1.807, 2.05) is 47.3 Å². The average Bonchev–Trinajstić information content (AvgIpc) is 3.49. The van der Waals surface area contributed by atoms with Gasteiger partial charge in [-0.2, -0.15) is 5.10 Å². The van der Waals surface area contributed by atoms with Crippen LogP contribution in [0, 0.1) is 0 Å². The highest BCUT2D eigenvalue weighted by molar-refractivity contribution is 5.80. The fraction of sp³-hybridized carbons (Fsp3) is 0.276. The van der Waals surface area contributed by atoms with Crippen LogP contribution >= 0.6 is 0 Å². The lowest BCUT2D eigenvalue weighted by molar-refractivity contribution is -0.109. The van der Waals surface area contributed by atoms with Gasteiger partial charge in [-0.3, -0.25) is 14.6 Å². The summed E-state index contributed by atoms with van der Waals surface area (Å²) >= 11 is 0. The Morgan fingerprint density at radius 2 is 1.93 bits per heavy atom. The summed E-state index contributed by atoms with van der Waals surface area (Å²) in [5, 5.41) is 11.1. The smallest absolute Gasteiger partial charge is 0.232 e. The zero-order valence-corrected chi connectivity index (χ0v) is 22.2. The van der Waals surface area contributed by atoms with Crippen molar-refractivity contribution in [1.29, 1.82) is 0 Å². The zero-order valence-electron chi connectivity index (χ0n) is 22.2. The Labute approximate surface area is 231 Å². The molecule has 11 nitrogen and oxygen atoms in total. The van der Waals surface area contributed by atoms with Crippen LogP contribution in [0.25, 0.3) is 28.6 Å². The largest absolute Gasteiger partial charge is 0.480 e. The summed E-state index contributed by atoms with van der Waals surface area (Å²) < 4.78 is 12.7. The molecule has 1 atom stereocenters. The van der Waals surface area contributed by atoms with Crippen LogP contribution < -0.4 is 15.4 Å². The van der Waals surface area contributed by atoms with E-state index in [9.17, 15) is 4.79 Å². The molecule has 2 aliphatic rings. The van der Waals surface area contributed by atoms with Crippen molar-refractivity contribution in [2.45, 2.75) is 12.6 Å². The fourth-order valence-corrected chi connectivity index (χ4v) is 4.85. The molecule has 40 heavy (non-hydrogen) atoms. The van der Waals surface area contributed by atoms with Gasteiger partial charge in [-0.25, -0.2) is 9.97 Å². The number of ether oxygens (including phenoxy) is 2. The maximum atomic E-state index is 11.9. The lowest BCUT2D eigenvalue weighted by Crippen LogP contribution is -2.38. The number of fused-ring (bicyclic) bond motifs is 1. The van der Waals surface area contributed by atoms with Gasteiger partial charge in [-0.05, 0) is 41.6 Å². The minimum atomic E-state index is -0.525. The first-order valence-electron chi connectivity index (χ1n) is 13.2. The second kappa shape index (κ2) is 11.6. The van der Waals surface area contributed by atoms with Crippen LogP contribution in [0.15, 0.2) is 61.3 Å². The van der Waals surface area contributed by atoms with E-state index in [0.717, 1.165) is 73.6 Å². The number of anilines is 2. The molecule has 1 saturated heterocycles. The molecule has 1 aromatic carbocycles. The summed E-state index contributed by atoms with van der Waals surface area (Å²) in [6, 6.07) is 9.46. The van der Waals surface area contributed by atoms with E-state index in [2.05, 4.69) is 36.8 Å². The van der Waals surface area contributed by atoms with Gasteiger partial charge in [-0.1, -0.05) is 12.1 Å². The summed E-state index contributed by atoms with van der Waals surface area (Å²) in [5.74, 6) is 0.962. The fourth-order valence-electron chi connectivity index (χ4n) is 4.85. The number of rotatable bonds is 9. The molecule has 5 heterocycles. The van der Waals surface area contributed by atoms with Crippen LogP contribution in [-0.2, 0) is 16.1 Å². The number of carbonyl (C=O) groups is 1. The first kappa shape index (κ1) is 25.7. The third-order valence-electron chi connectivity index (χ3n) is 7.02. The minimum absolute atomic E-state index is 0.398. The molecule has 0 aliphatic carbocycles. The topological polar surface area (TPSA) is 119 Å². The summed E-state index contributed by atoms with van der Waals surface area (Å²) in [7, 11) is 1.55. The number of hydrogen-bond donors (Lipinski definition) is 2. The van der Waals surface area contributed by atoms with Gasteiger partial charge in [0.15, 0.2) is 0 Å². The zero-order chi connectivity index (χ0) is 27.3. The Morgan fingerprint density at radius 3 is 2.73 bits per heavy atom. The number of hydrogen-bond acceptors (Lipinski definition) is 10. The molecule has 0 spiro atoms. The molecule has 0 amide bonds. The number of methoxy groups -OCH3 is 1. The molecule has 2 aliphatic heterocycles. The molecule has 204 valence electrons. The molecule has 0 bridgehead atoms. The van der Waals surface area contributed by atoms with Gasteiger partial charge in [0.05, 0.1) is 51.2 Å². The van der Waals surface area contributed by atoms with Gasteiger partial charge in [0.25, 0.3) is 0 Å². The van der Waals surface area contributed by atoms with Crippen molar-refractivity contribution in [2.75, 3.05) is 45.3 Å². The molecule has 1 unspecified atom stereocenters. The third kappa shape index (κ3) is 5.56.